The molecule has 16 heavy (non-hydrogen) atoms. The third-order valence-corrected chi connectivity index (χ3v) is 2.79. The Hall–Kier alpha value is -1.49. The predicted octanol–water partition coefficient (Wildman–Crippen LogP) is 1.83. The van der Waals surface area contributed by atoms with Gasteiger partial charge in [0.05, 0.1) is 0 Å². The van der Waals surface area contributed by atoms with Crippen LogP contribution in [-0.2, 0) is 10.3 Å². The lowest BCUT2D eigenvalue weighted by molar-refractivity contribution is -0.149. The third kappa shape index (κ3) is 1.90. The number of hydrogen-bond acceptors (Lipinski definition) is 2. The molecule has 0 aliphatic heterocycles. The van der Waals surface area contributed by atoms with Gasteiger partial charge < -0.3 is 5.11 Å². The first-order valence-electron chi connectivity index (χ1n) is 4.66. The number of benzene rings is 1. The van der Waals surface area contributed by atoms with E-state index in [0.29, 0.717) is 0 Å². The van der Waals surface area contributed by atoms with Crippen molar-refractivity contribution in [2.45, 2.75) is 12.5 Å². The fourth-order valence-corrected chi connectivity index (χ4v) is 1.37. The van der Waals surface area contributed by atoms with Crippen LogP contribution in [0.5, 0.6) is 0 Å². The first-order chi connectivity index (χ1) is 7.30. The largest absolute Gasteiger partial charge is 0.480 e. The van der Waals surface area contributed by atoms with Gasteiger partial charge in [0.15, 0.2) is 11.6 Å². The lowest BCUT2D eigenvalue weighted by atomic mass is 9.91. The summed E-state index contributed by atoms with van der Waals surface area (Å²) in [5.41, 5.74) is -1.18. The van der Waals surface area contributed by atoms with E-state index in [1.54, 1.807) is 14.1 Å². The Balaban J connectivity index is 3.33. The summed E-state index contributed by atoms with van der Waals surface area (Å²) in [5.74, 6) is -3.16. The lowest BCUT2D eigenvalue weighted by Gasteiger charge is -2.32. The van der Waals surface area contributed by atoms with Crippen LogP contribution in [0.3, 0.4) is 0 Å². The van der Waals surface area contributed by atoms with Crippen molar-refractivity contribution >= 4 is 5.97 Å². The molecule has 88 valence electrons. The molecular weight excluding hydrogens is 216 g/mol. The van der Waals surface area contributed by atoms with E-state index >= 15 is 0 Å². The van der Waals surface area contributed by atoms with Gasteiger partial charge in [-0.15, -0.1) is 0 Å². The minimum Gasteiger partial charge on any atom is -0.480 e. The molecule has 0 aromatic heterocycles. The summed E-state index contributed by atoms with van der Waals surface area (Å²) >= 11 is 0. The SMILES string of the molecule is CN(C)[C@](C)(C(=O)O)c1ccc(F)c(F)c1. The molecule has 0 aliphatic carbocycles. The van der Waals surface area contributed by atoms with Crippen LogP contribution in [0.2, 0.25) is 0 Å². The first kappa shape index (κ1) is 12.6. The van der Waals surface area contributed by atoms with Gasteiger partial charge in [0.1, 0.15) is 5.54 Å². The molecule has 0 saturated carbocycles. The summed E-state index contributed by atoms with van der Waals surface area (Å²) < 4.78 is 25.8. The maximum Gasteiger partial charge on any atom is 0.328 e. The summed E-state index contributed by atoms with van der Waals surface area (Å²) in [5, 5.41) is 9.16. The van der Waals surface area contributed by atoms with Gasteiger partial charge in [0, 0.05) is 0 Å². The maximum atomic E-state index is 13.0. The summed E-state index contributed by atoms with van der Waals surface area (Å²) in [4.78, 5) is 12.6. The number of carboxylic acids is 1. The fourth-order valence-electron chi connectivity index (χ4n) is 1.37. The van der Waals surface area contributed by atoms with Gasteiger partial charge in [-0.3, -0.25) is 4.90 Å². The highest BCUT2D eigenvalue weighted by molar-refractivity contribution is 5.80. The molecule has 1 aromatic rings. The molecule has 1 atom stereocenters. The Morgan fingerprint density at radius 3 is 2.25 bits per heavy atom. The second-order valence-corrected chi connectivity index (χ2v) is 3.90. The lowest BCUT2D eigenvalue weighted by Crippen LogP contribution is -2.45. The number of rotatable bonds is 3. The van der Waals surface area contributed by atoms with E-state index in [9.17, 15) is 13.6 Å². The van der Waals surface area contributed by atoms with Crippen LogP contribution in [0.1, 0.15) is 12.5 Å². The van der Waals surface area contributed by atoms with Gasteiger partial charge in [0.25, 0.3) is 0 Å². The number of halogens is 2. The second-order valence-electron chi connectivity index (χ2n) is 3.90. The quantitative estimate of drug-likeness (QED) is 0.859. The topological polar surface area (TPSA) is 40.5 Å². The monoisotopic (exact) mass is 229 g/mol. The van der Waals surface area contributed by atoms with Gasteiger partial charge in [-0.2, -0.15) is 0 Å². The van der Waals surface area contributed by atoms with Crippen LogP contribution >= 0.6 is 0 Å². The maximum absolute atomic E-state index is 13.0. The van der Waals surface area contributed by atoms with Crippen LogP contribution in [0.25, 0.3) is 0 Å². The average Bonchev–Trinajstić information content (AvgIpc) is 2.20. The fraction of sp³-hybridized carbons (Fsp3) is 0.364. The number of aliphatic carboxylic acids is 1. The molecule has 3 nitrogen and oxygen atoms in total. The van der Waals surface area contributed by atoms with Crippen molar-refractivity contribution in [3.8, 4) is 0 Å². The molecule has 0 bridgehead atoms. The summed E-state index contributed by atoms with van der Waals surface area (Å²) in [6.07, 6.45) is 0. The number of nitrogens with zero attached hydrogens (tertiary/aromatic N) is 1. The highest BCUT2D eigenvalue weighted by Gasteiger charge is 2.38. The zero-order valence-electron chi connectivity index (χ0n) is 9.29. The van der Waals surface area contributed by atoms with E-state index in [4.69, 9.17) is 5.11 Å². The number of carboxylic acid groups (broad SMARTS) is 1. The molecule has 0 amide bonds. The molecule has 0 aliphatic rings. The Morgan fingerprint density at radius 1 is 1.31 bits per heavy atom. The van der Waals surface area contributed by atoms with Crippen LogP contribution in [0, 0.1) is 11.6 Å². The van der Waals surface area contributed by atoms with Gasteiger partial charge >= 0.3 is 5.97 Å². The molecule has 1 aromatic carbocycles. The van der Waals surface area contributed by atoms with Crippen molar-refractivity contribution < 1.29 is 18.7 Å². The molecule has 0 spiro atoms. The minimum absolute atomic E-state index is 0.198. The summed E-state index contributed by atoms with van der Waals surface area (Å²) in [7, 11) is 3.13. The Labute approximate surface area is 92.3 Å². The molecule has 5 heteroatoms. The number of carbonyl (C=O) groups is 1. The van der Waals surface area contributed by atoms with E-state index in [1.807, 2.05) is 0 Å². The number of likely N-dealkylation sites (N-methyl/N-ethyl adjacent to an activating group) is 1. The van der Waals surface area contributed by atoms with E-state index in [2.05, 4.69) is 0 Å². The summed E-state index contributed by atoms with van der Waals surface area (Å²) in [6, 6.07) is 3.10. The number of hydrogen-bond donors (Lipinski definition) is 1. The molecular formula is C11H13F2NO2. The van der Waals surface area contributed by atoms with Crippen molar-refractivity contribution in [2.75, 3.05) is 14.1 Å². The van der Waals surface area contributed by atoms with Gasteiger partial charge in [-0.25, -0.2) is 13.6 Å². The normalized spacial score (nSPS) is 14.9. The van der Waals surface area contributed by atoms with E-state index < -0.39 is 23.1 Å². The molecule has 0 unspecified atom stereocenters. The molecule has 0 radical (unpaired) electrons. The third-order valence-electron chi connectivity index (χ3n) is 2.79. The van der Waals surface area contributed by atoms with Crippen LogP contribution < -0.4 is 0 Å². The minimum atomic E-state index is -1.38. The van der Waals surface area contributed by atoms with Crippen LogP contribution in [-0.4, -0.2) is 30.1 Å². The summed E-state index contributed by atoms with van der Waals surface area (Å²) in [6.45, 7) is 1.43. The molecule has 1 N–H and O–H groups in total. The van der Waals surface area contributed by atoms with Gasteiger partial charge in [-0.05, 0) is 38.7 Å². The van der Waals surface area contributed by atoms with Crippen molar-refractivity contribution in [1.82, 2.24) is 4.90 Å². The smallest absolute Gasteiger partial charge is 0.328 e. The molecule has 0 fully saturated rings. The standard InChI is InChI=1S/C11H13F2NO2/c1-11(10(15)16,14(2)3)7-4-5-8(12)9(13)6-7/h4-6H,1-3H3,(H,15,16)/t11-/m0/s1. The highest BCUT2D eigenvalue weighted by atomic mass is 19.2. The van der Waals surface area contributed by atoms with Gasteiger partial charge in [-0.1, -0.05) is 6.07 Å². The van der Waals surface area contributed by atoms with Gasteiger partial charge in [0.2, 0.25) is 0 Å². The zero-order chi connectivity index (χ0) is 12.5. The Bertz CT molecular complexity index is 420. The Kier molecular flexibility index (Phi) is 3.28. The van der Waals surface area contributed by atoms with E-state index in [0.717, 1.165) is 12.1 Å². The average molecular weight is 229 g/mol. The zero-order valence-corrected chi connectivity index (χ0v) is 9.29. The highest BCUT2D eigenvalue weighted by Crippen LogP contribution is 2.27. The van der Waals surface area contributed by atoms with Crippen molar-refractivity contribution in [3.63, 3.8) is 0 Å². The predicted molar refractivity (Wildman–Crippen MR) is 55.0 cm³/mol. The van der Waals surface area contributed by atoms with Crippen molar-refractivity contribution in [2.24, 2.45) is 0 Å². The molecule has 0 heterocycles. The Morgan fingerprint density at radius 2 is 1.88 bits per heavy atom. The second kappa shape index (κ2) is 4.17. The van der Waals surface area contributed by atoms with E-state index in [-0.39, 0.29) is 5.56 Å². The molecule has 1 rings (SSSR count). The molecule has 0 saturated heterocycles. The van der Waals surface area contributed by atoms with Crippen LogP contribution in [0.4, 0.5) is 8.78 Å². The van der Waals surface area contributed by atoms with Crippen LogP contribution in [0.15, 0.2) is 18.2 Å². The first-order valence-corrected chi connectivity index (χ1v) is 4.66. The van der Waals surface area contributed by atoms with E-state index in [1.165, 1.54) is 17.9 Å². The van der Waals surface area contributed by atoms with Crippen molar-refractivity contribution in [1.29, 1.82) is 0 Å². The van der Waals surface area contributed by atoms with Crippen molar-refractivity contribution in [3.05, 3.63) is 35.4 Å².